The maximum atomic E-state index is 3.83. The summed E-state index contributed by atoms with van der Waals surface area (Å²) < 4.78 is 0. The number of likely N-dealkylation sites (N-methyl/N-ethyl adjacent to an activating group) is 1. The lowest BCUT2D eigenvalue weighted by molar-refractivity contribution is 0.137. The van der Waals surface area contributed by atoms with E-state index >= 15 is 0 Å². The molecule has 4 heteroatoms. The van der Waals surface area contributed by atoms with Crippen molar-refractivity contribution in [3.8, 4) is 0 Å². The van der Waals surface area contributed by atoms with Crippen molar-refractivity contribution in [2.75, 3.05) is 38.5 Å². The zero-order chi connectivity index (χ0) is 15.1. The molecule has 1 saturated heterocycles. The van der Waals surface area contributed by atoms with E-state index in [1.165, 1.54) is 37.2 Å². The van der Waals surface area contributed by atoms with Crippen molar-refractivity contribution >= 4 is 17.0 Å². The lowest BCUT2D eigenvalue weighted by Crippen LogP contribution is -2.43. The number of nitrogens with one attached hydrogen (secondary N) is 1. The normalized spacial score (nSPS) is 17.0. The van der Waals surface area contributed by atoms with E-state index < -0.39 is 0 Å². The van der Waals surface area contributed by atoms with Gasteiger partial charge in [0.15, 0.2) is 0 Å². The third kappa shape index (κ3) is 4.70. The van der Waals surface area contributed by atoms with Gasteiger partial charge in [0.2, 0.25) is 0 Å². The van der Waals surface area contributed by atoms with Crippen LogP contribution >= 0.6 is 11.3 Å². The Morgan fingerprint density at radius 1 is 1.38 bits per heavy atom. The van der Waals surface area contributed by atoms with Crippen LogP contribution in [0.15, 0.2) is 36.2 Å². The standard InChI is InChI=1S/C17H27N3S/c1-4-9-20-11-7-16(8-12-20)19(3)10-6-15-13-21-14-17(15)18-5-2/h4-5,13-14,16,18H,1-2,6-12H2,3H3. The minimum absolute atomic E-state index is 0.723. The van der Waals surface area contributed by atoms with Crippen molar-refractivity contribution in [2.24, 2.45) is 0 Å². The minimum Gasteiger partial charge on any atom is -0.361 e. The number of anilines is 1. The zero-order valence-electron chi connectivity index (χ0n) is 13.1. The molecule has 0 radical (unpaired) electrons. The van der Waals surface area contributed by atoms with Crippen LogP contribution in [0, 0.1) is 0 Å². The van der Waals surface area contributed by atoms with E-state index in [4.69, 9.17) is 0 Å². The Hall–Kier alpha value is -1.10. The highest BCUT2D eigenvalue weighted by atomic mass is 32.1. The average Bonchev–Trinajstić information content (AvgIpc) is 2.94. The highest BCUT2D eigenvalue weighted by Crippen LogP contribution is 2.22. The molecule has 0 saturated carbocycles. The van der Waals surface area contributed by atoms with Gasteiger partial charge in [-0.1, -0.05) is 12.7 Å². The van der Waals surface area contributed by atoms with E-state index in [1.54, 1.807) is 17.5 Å². The number of thiophene rings is 1. The Kier molecular flexibility index (Phi) is 6.49. The smallest absolute Gasteiger partial charge is 0.0521 e. The fourth-order valence-corrected chi connectivity index (χ4v) is 3.79. The van der Waals surface area contributed by atoms with Crippen molar-refractivity contribution in [3.05, 3.63) is 41.8 Å². The monoisotopic (exact) mass is 305 g/mol. The molecule has 2 rings (SSSR count). The van der Waals surface area contributed by atoms with Gasteiger partial charge in [-0.25, -0.2) is 0 Å². The molecule has 1 aromatic heterocycles. The Morgan fingerprint density at radius 2 is 2.14 bits per heavy atom. The number of rotatable bonds is 8. The summed E-state index contributed by atoms with van der Waals surface area (Å²) in [5.41, 5.74) is 2.61. The minimum atomic E-state index is 0.723. The molecule has 0 atom stereocenters. The fraction of sp³-hybridized carbons (Fsp3) is 0.529. The maximum absolute atomic E-state index is 3.83. The second-order valence-corrected chi connectivity index (χ2v) is 6.45. The van der Waals surface area contributed by atoms with Crippen LogP contribution in [0.3, 0.4) is 0 Å². The van der Waals surface area contributed by atoms with E-state index in [0.29, 0.717) is 0 Å². The molecule has 0 aromatic carbocycles. The Morgan fingerprint density at radius 3 is 2.81 bits per heavy atom. The molecule has 0 aliphatic carbocycles. The van der Waals surface area contributed by atoms with Crippen LogP contribution in [0.25, 0.3) is 0 Å². The summed E-state index contributed by atoms with van der Waals surface area (Å²) in [7, 11) is 2.26. The molecule has 1 N–H and O–H groups in total. The number of nitrogens with zero attached hydrogens (tertiary/aromatic N) is 2. The summed E-state index contributed by atoms with van der Waals surface area (Å²) in [5, 5.41) is 7.62. The van der Waals surface area contributed by atoms with Gasteiger partial charge in [0.1, 0.15) is 0 Å². The van der Waals surface area contributed by atoms with Gasteiger partial charge >= 0.3 is 0 Å². The van der Waals surface area contributed by atoms with Crippen molar-refractivity contribution in [1.82, 2.24) is 9.80 Å². The van der Waals surface area contributed by atoms with E-state index in [0.717, 1.165) is 25.6 Å². The van der Waals surface area contributed by atoms with Crippen LogP contribution in [0.4, 0.5) is 5.69 Å². The quantitative estimate of drug-likeness (QED) is 0.742. The molecule has 0 bridgehead atoms. The van der Waals surface area contributed by atoms with Crippen molar-refractivity contribution in [2.45, 2.75) is 25.3 Å². The van der Waals surface area contributed by atoms with Crippen LogP contribution in [0.1, 0.15) is 18.4 Å². The van der Waals surface area contributed by atoms with E-state index in [2.05, 4.69) is 46.1 Å². The summed E-state index contributed by atoms with van der Waals surface area (Å²) in [4.78, 5) is 5.02. The van der Waals surface area contributed by atoms with Gasteiger partial charge in [-0.15, -0.1) is 17.9 Å². The molecule has 0 amide bonds. The van der Waals surface area contributed by atoms with Crippen LogP contribution in [-0.4, -0.2) is 49.1 Å². The summed E-state index contributed by atoms with van der Waals surface area (Å²) in [6.07, 6.45) is 7.40. The first kappa shape index (κ1) is 16.3. The molecule has 0 spiro atoms. The molecule has 116 valence electrons. The van der Waals surface area contributed by atoms with Gasteiger partial charge in [0, 0.05) is 24.5 Å². The third-order valence-electron chi connectivity index (χ3n) is 4.30. The predicted octanol–water partition coefficient (Wildman–Crippen LogP) is 3.43. The SMILES string of the molecule is C=CCN1CCC(N(C)CCc2cscc2NC=C)CC1. The first-order valence-electron chi connectivity index (χ1n) is 7.70. The van der Waals surface area contributed by atoms with Gasteiger partial charge in [-0.05, 0) is 56.5 Å². The first-order valence-corrected chi connectivity index (χ1v) is 8.65. The second kappa shape index (κ2) is 8.37. The molecule has 1 aliphatic heterocycles. The van der Waals surface area contributed by atoms with Crippen molar-refractivity contribution < 1.29 is 0 Å². The lowest BCUT2D eigenvalue weighted by atomic mass is 10.0. The molecule has 3 nitrogen and oxygen atoms in total. The second-order valence-electron chi connectivity index (χ2n) is 5.71. The summed E-state index contributed by atoms with van der Waals surface area (Å²) in [6.45, 7) is 12.1. The van der Waals surface area contributed by atoms with E-state index in [1.807, 2.05) is 6.08 Å². The summed E-state index contributed by atoms with van der Waals surface area (Å²) >= 11 is 1.75. The highest BCUT2D eigenvalue weighted by Gasteiger charge is 2.21. The van der Waals surface area contributed by atoms with Gasteiger partial charge in [-0.2, -0.15) is 0 Å². The Labute approximate surface area is 133 Å². The fourth-order valence-electron chi connectivity index (χ4n) is 2.96. The van der Waals surface area contributed by atoms with E-state index in [9.17, 15) is 0 Å². The lowest BCUT2D eigenvalue weighted by Gasteiger charge is -2.36. The van der Waals surface area contributed by atoms with Crippen LogP contribution < -0.4 is 5.32 Å². The van der Waals surface area contributed by atoms with Gasteiger partial charge < -0.3 is 10.2 Å². The number of piperidine rings is 1. The van der Waals surface area contributed by atoms with Gasteiger partial charge in [-0.3, -0.25) is 4.90 Å². The molecule has 2 heterocycles. The molecule has 1 aliphatic rings. The summed E-state index contributed by atoms with van der Waals surface area (Å²) in [6, 6.07) is 0.723. The maximum Gasteiger partial charge on any atom is 0.0521 e. The average molecular weight is 305 g/mol. The van der Waals surface area contributed by atoms with Gasteiger partial charge in [0.05, 0.1) is 5.69 Å². The van der Waals surface area contributed by atoms with Crippen LogP contribution in [0.5, 0.6) is 0 Å². The van der Waals surface area contributed by atoms with Crippen LogP contribution in [-0.2, 0) is 6.42 Å². The van der Waals surface area contributed by atoms with E-state index in [-0.39, 0.29) is 0 Å². The largest absolute Gasteiger partial charge is 0.361 e. The Bertz CT molecular complexity index is 447. The highest BCUT2D eigenvalue weighted by molar-refractivity contribution is 7.08. The molecular weight excluding hydrogens is 278 g/mol. The first-order chi connectivity index (χ1) is 10.2. The zero-order valence-corrected chi connectivity index (χ0v) is 13.9. The summed E-state index contributed by atoms with van der Waals surface area (Å²) in [5.74, 6) is 0. The van der Waals surface area contributed by atoms with Crippen LogP contribution in [0.2, 0.25) is 0 Å². The topological polar surface area (TPSA) is 18.5 Å². The number of hydrogen-bond acceptors (Lipinski definition) is 4. The molecule has 21 heavy (non-hydrogen) atoms. The molecular formula is C17H27N3S. The number of likely N-dealkylation sites (tertiary alicyclic amines) is 1. The molecule has 0 unspecified atom stereocenters. The Balaban J connectivity index is 1.77. The third-order valence-corrected chi connectivity index (χ3v) is 5.09. The molecule has 1 aromatic rings. The van der Waals surface area contributed by atoms with Crippen molar-refractivity contribution in [1.29, 1.82) is 0 Å². The predicted molar refractivity (Wildman–Crippen MR) is 94.1 cm³/mol. The van der Waals surface area contributed by atoms with Crippen molar-refractivity contribution in [3.63, 3.8) is 0 Å². The molecule has 1 fully saturated rings. The number of hydrogen-bond donors (Lipinski definition) is 1. The van der Waals surface area contributed by atoms with Gasteiger partial charge in [0.25, 0.3) is 0 Å².